The fraction of sp³-hybridized carbons (Fsp3) is 0. The number of halogens is 1. The molecule has 0 fully saturated rings. The third kappa shape index (κ3) is 92.3. The number of carbonyl (C=O) groups is 2. The van der Waals surface area contributed by atoms with Gasteiger partial charge in [-0.2, -0.15) is 0 Å². The molecule has 0 aliphatic heterocycles. The van der Waals surface area contributed by atoms with Crippen molar-refractivity contribution in [1.29, 1.82) is 0 Å². The Hall–Kier alpha value is 2.64. The monoisotopic (exact) mass is 376 g/mol. The summed E-state index contributed by atoms with van der Waals surface area (Å²) >= 11 is -6.51. The van der Waals surface area contributed by atoms with E-state index in [4.69, 9.17) is 45.7 Å². The van der Waals surface area contributed by atoms with Crippen LogP contribution in [0.25, 0.3) is 0 Å². The minimum Gasteiger partial charge on any atom is -0.750 e. The van der Waals surface area contributed by atoms with Gasteiger partial charge in [-0.25, -0.2) is 13.8 Å². The summed E-state index contributed by atoms with van der Waals surface area (Å²) in [5.74, 6) is -3.65. The minimum atomic E-state index is -3.65. The molecule has 0 aliphatic carbocycles. The number of aliphatic carboxylic acids is 2. The summed E-state index contributed by atoms with van der Waals surface area (Å²) in [6.45, 7) is 0. The molecule has 86 valence electrons. The topological polar surface area (TPSA) is 204 Å². The molecule has 1 atom stereocenters. The molecular formula is C2H3BrK2O10S. The Bertz CT molecular complexity index is 179. The first-order chi connectivity index (χ1) is 6.11. The molecule has 1 unspecified atom stereocenters. The number of hydrogen-bond donors (Lipinski definition) is 3. The van der Waals surface area contributed by atoms with E-state index < -0.39 is 38.1 Å². The molecular weight excluding hydrogens is 374 g/mol. The molecule has 0 radical (unpaired) electrons. The molecule has 0 aliphatic rings. The van der Waals surface area contributed by atoms with E-state index >= 15 is 0 Å². The molecule has 0 heterocycles. The molecule has 3 N–H and O–H groups in total. The number of rotatable bonds is 0. The van der Waals surface area contributed by atoms with Gasteiger partial charge in [0.1, 0.15) is 0 Å². The largest absolute Gasteiger partial charge is 1.00 e. The Morgan fingerprint density at radius 3 is 1.06 bits per heavy atom. The van der Waals surface area contributed by atoms with Gasteiger partial charge in [-0.05, 0) is 0 Å². The Balaban J connectivity index is -0.0000000367. The first kappa shape index (κ1) is 31.2. The van der Waals surface area contributed by atoms with Gasteiger partial charge in [0.15, 0.2) is 0 Å². The van der Waals surface area contributed by atoms with Crippen LogP contribution in [-0.4, -0.2) is 35.5 Å². The molecule has 0 bridgehead atoms. The van der Waals surface area contributed by atoms with E-state index in [9.17, 15) is 0 Å². The average Bonchev–Trinajstić information content (AvgIpc) is 1.83. The average molecular weight is 377 g/mol. The zero-order valence-corrected chi connectivity index (χ0v) is 16.6. The van der Waals surface area contributed by atoms with Crippen LogP contribution in [0.5, 0.6) is 0 Å². The van der Waals surface area contributed by atoms with Gasteiger partial charge in [-0.1, -0.05) is 0 Å². The second kappa shape index (κ2) is 22.8. The Kier molecular flexibility index (Phi) is 44.4. The SMILES string of the molecule is O=C(O)C(=O)O.O=S([O-])O.[K+].[K+].[O-][Br+2]([O-])[O-]. The zero-order chi connectivity index (χ0) is 12.3. The molecule has 0 saturated heterocycles. The maximum Gasteiger partial charge on any atom is 1.00 e. The summed E-state index contributed by atoms with van der Waals surface area (Å²) in [7, 11) is 0. The molecule has 10 nitrogen and oxygen atoms in total. The van der Waals surface area contributed by atoms with Crippen molar-refractivity contribution in [2.24, 2.45) is 0 Å². The molecule has 0 aromatic rings. The van der Waals surface area contributed by atoms with Crippen molar-refractivity contribution in [2.75, 3.05) is 0 Å². The first-order valence-corrected chi connectivity index (χ1v) is 5.06. The molecule has 0 aromatic carbocycles. The Morgan fingerprint density at radius 2 is 1.06 bits per heavy atom. The third-order valence-electron chi connectivity index (χ3n) is 0.183. The van der Waals surface area contributed by atoms with Crippen LogP contribution in [0.2, 0.25) is 0 Å². The van der Waals surface area contributed by atoms with E-state index in [1.54, 1.807) is 0 Å². The molecule has 14 heteroatoms. The summed E-state index contributed by atoms with van der Waals surface area (Å²) in [6.07, 6.45) is 0. The van der Waals surface area contributed by atoms with Crippen molar-refractivity contribution >= 4 is 23.3 Å². The second-order valence-electron chi connectivity index (χ2n) is 1.02. The first-order valence-electron chi connectivity index (χ1n) is 2.08. The normalized spacial score (nSPS) is 8.88. The number of carboxylic acid groups (broad SMARTS) is 2. The smallest absolute Gasteiger partial charge is 0.750 e. The standard InChI is InChI=1S/C2H2O4.BrO3.2K.H2O3S/c3-1(4)2(5)6;2-1(3)4;;;1-4(2)3/h(H,3,4)(H,5,6);;;;(H2,1,2,3)/q;-1;2*+1;/p-1. The van der Waals surface area contributed by atoms with Crippen LogP contribution in [0.4, 0.5) is 0 Å². The summed E-state index contributed by atoms with van der Waals surface area (Å²) in [4.78, 5) is 18.2. The predicted octanol–water partition coefficient (Wildman–Crippen LogP) is -11.1. The van der Waals surface area contributed by atoms with Crippen molar-refractivity contribution in [3.63, 3.8) is 0 Å². The quantitative estimate of drug-likeness (QED) is 0.206. The van der Waals surface area contributed by atoms with E-state index in [1.165, 1.54) is 0 Å². The summed E-state index contributed by atoms with van der Waals surface area (Å²) in [5.41, 5.74) is 0. The number of hydrogen-bond acceptors (Lipinski definition) is 7. The van der Waals surface area contributed by atoms with Gasteiger partial charge in [0.25, 0.3) is 0 Å². The van der Waals surface area contributed by atoms with Gasteiger partial charge >= 0.3 is 115 Å². The fourth-order valence-corrected chi connectivity index (χ4v) is 0. The molecule has 0 spiro atoms. The van der Waals surface area contributed by atoms with Crippen LogP contribution in [0.3, 0.4) is 0 Å². The van der Waals surface area contributed by atoms with Crippen LogP contribution in [0.15, 0.2) is 0 Å². The third-order valence-corrected chi connectivity index (χ3v) is 0.183. The molecule has 0 rings (SSSR count). The summed E-state index contributed by atoms with van der Waals surface area (Å²) in [6, 6.07) is 0. The van der Waals surface area contributed by atoms with Gasteiger partial charge in [-0.3, -0.25) is 0 Å². The summed E-state index contributed by atoms with van der Waals surface area (Å²) < 4.78 is 49.6. The van der Waals surface area contributed by atoms with Gasteiger partial charge in [0.2, 0.25) is 14.8 Å². The summed E-state index contributed by atoms with van der Waals surface area (Å²) in [5, 5.41) is 14.8. The Morgan fingerprint density at radius 1 is 1.00 bits per heavy atom. The molecule has 0 saturated carbocycles. The van der Waals surface area contributed by atoms with Crippen molar-refractivity contribution in [2.45, 2.75) is 0 Å². The molecule has 16 heavy (non-hydrogen) atoms. The Labute approximate surface area is 182 Å². The van der Waals surface area contributed by atoms with Crippen LogP contribution in [-0.2, 0) is 21.0 Å². The van der Waals surface area contributed by atoms with E-state index in [2.05, 4.69) is 0 Å². The van der Waals surface area contributed by atoms with Crippen molar-refractivity contribution in [3.8, 4) is 0 Å². The van der Waals surface area contributed by atoms with Gasteiger partial charge < -0.3 is 31.9 Å². The fourth-order valence-electron chi connectivity index (χ4n) is 0. The van der Waals surface area contributed by atoms with Crippen molar-refractivity contribution in [1.82, 2.24) is 0 Å². The van der Waals surface area contributed by atoms with E-state index in [1.807, 2.05) is 0 Å². The molecule has 0 amide bonds. The van der Waals surface area contributed by atoms with Gasteiger partial charge in [0, 0.05) is 0 Å². The predicted molar refractivity (Wildman–Crippen MR) is 26.8 cm³/mol. The van der Waals surface area contributed by atoms with Crippen LogP contribution in [0, 0.1) is 14.8 Å². The van der Waals surface area contributed by atoms with Gasteiger partial charge in [-0.15, -0.1) is 0 Å². The minimum absolute atomic E-state index is 0. The van der Waals surface area contributed by atoms with Crippen LogP contribution < -0.4 is 115 Å². The van der Waals surface area contributed by atoms with Gasteiger partial charge in [0.05, 0.1) is 11.4 Å². The van der Waals surface area contributed by atoms with E-state index in [0.29, 0.717) is 0 Å². The van der Waals surface area contributed by atoms with Crippen molar-refractivity contribution in [3.05, 3.63) is 0 Å². The maximum atomic E-state index is 9.10. The van der Waals surface area contributed by atoms with Crippen LogP contribution in [0.1, 0.15) is 0 Å². The zero-order valence-electron chi connectivity index (χ0n) is 7.99. The van der Waals surface area contributed by atoms with Crippen molar-refractivity contribution < 1.29 is 163 Å². The van der Waals surface area contributed by atoms with Crippen LogP contribution >= 0.6 is 0 Å². The van der Waals surface area contributed by atoms with E-state index in [-0.39, 0.29) is 103 Å². The second-order valence-corrected chi connectivity index (χ2v) is 2.24. The van der Waals surface area contributed by atoms with E-state index in [0.717, 1.165) is 0 Å². The number of carboxylic acids is 2. The maximum absolute atomic E-state index is 9.10. The molecule has 0 aromatic heterocycles.